The second-order valence-electron chi connectivity index (χ2n) is 6.10. The van der Waals surface area contributed by atoms with Crippen LogP contribution < -0.4 is 16.4 Å². The Morgan fingerprint density at radius 2 is 1.76 bits per heavy atom. The molecular formula is C19H21N3O3. The lowest BCUT2D eigenvalue weighted by molar-refractivity contribution is -0.120. The third-order valence-corrected chi connectivity index (χ3v) is 4.32. The van der Waals surface area contributed by atoms with E-state index in [1.807, 2.05) is 54.6 Å². The summed E-state index contributed by atoms with van der Waals surface area (Å²) in [7, 11) is 0. The molecule has 1 heterocycles. The van der Waals surface area contributed by atoms with E-state index in [1.54, 1.807) is 4.90 Å². The van der Waals surface area contributed by atoms with Crippen LogP contribution in [-0.2, 0) is 16.1 Å². The molecule has 1 atom stereocenters. The van der Waals surface area contributed by atoms with E-state index < -0.39 is 12.3 Å². The Hall–Kier alpha value is -2.70. The van der Waals surface area contributed by atoms with Gasteiger partial charge in [0.1, 0.15) is 12.8 Å². The number of ether oxygens (including phenoxy) is 1. The van der Waals surface area contributed by atoms with Gasteiger partial charge in [-0.2, -0.15) is 0 Å². The zero-order valence-corrected chi connectivity index (χ0v) is 13.8. The minimum absolute atomic E-state index is 0.123. The van der Waals surface area contributed by atoms with E-state index in [1.165, 1.54) is 0 Å². The molecule has 1 amide bonds. The van der Waals surface area contributed by atoms with E-state index in [9.17, 15) is 9.59 Å². The van der Waals surface area contributed by atoms with Gasteiger partial charge in [-0.1, -0.05) is 48.5 Å². The Morgan fingerprint density at radius 1 is 1.08 bits per heavy atom. The van der Waals surface area contributed by atoms with Crippen molar-refractivity contribution in [1.29, 1.82) is 0 Å². The first-order valence-electron chi connectivity index (χ1n) is 8.17. The zero-order valence-electron chi connectivity index (χ0n) is 13.8. The number of nitrogens with two attached hydrogens (primary N) is 2. The highest BCUT2D eigenvalue weighted by Crippen LogP contribution is 2.38. The van der Waals surface area contributed by atoms with Crippen molar-refractivity contribution in [2.45, 2.75) is 25.1 Å². The van der Waals surface area contributed by atoms with E-state index in [0.29, 0.717) is 6.54 Å². The van der Waals surface area contributed by atoms with Gasteiger partial charge in [-0.05, 0) is 17.2 Å². The van der Waals surface area contributed by atoms with Crippen molar-refractivity contribution in [3.63, 3.8) is 0 Å². The molecule has 0 fully saturated rings. The molecule has 4 N–H and O–H groups in total. The summed E-state index contributed by atoms with van der Waals surface area (Å²) in [5.41, 5.74) is 13.6. The first-order chi connectivity index (χ1) is 12.1. The van der Waals surface area contributed by atoms with Gasteiger partial charge in [0.25, 0.3) is 0 Å². The summed E-state index contributed by atoms with van der Waals surface area (Å²) < 4.78 is 5.42. The highest BCUT2D eigenvalue weighted by molar-refractivity contribution is 5.92. The normalized spacial score (nSPS) is 16.0. The van der Waals surface area contributed by atoms with Crippen molar-refractivity contribution in [2.75, 3.05) is 11.4 Å². The molecule has 2 aromatic carbocycles. The van der Waals surface area contributed by atoms with Gasteiger partial charge >= 0.3 is 6.09 Å². The second kappa shape index (κ2) is 7.46. The summed E-state index contributed by atoms with van der Waals surface area (Å²) in [5.74, 6) is -0.345. The summed E-state index contributed by atoms with van der Waals surface area (Å²) >= 11 is 0. The van der Waals surface area contributed by atoms with E-state index in [4.69, 9.17) is 16.2 Å². The number of amides is 1. The zero-order chi connectivity index (χ0) is 17.8. The number of hydrogen-bond donors (Lipinski definition) is 2. The van der Waals surface area contributed by atoms with Gasteiger partial charge in [-0.15, -0.1) is 0 Å². The number of ketones is 1. The van der Waals surface area contributed by atoms with Gasteiger partial charge in [-0.3, -0.25) is 9.69 Å². The number of Topliss-reactive ketones (excluding diaryl/α,β-unsaturated/α-hetero) is 1. The van der Waals surface area contributed by atoms with Crippen molar-refractivity contribution in [2.24, 2.45) is 11.5 Å². The molecule has 1 aliphatic heterocycles. The highest BCUT2D eigenvalue weighted by atomic mass is 16.6. The number of hydrogen-bond acceptors (Lipinski definition) is 5. The molecule has 6 heteroatoms. The summed E-state index contributed by atoms with van der Waals surface area (Å²) in [5, 5.41) is 0. The quantitative estimate of drug-likeness (QED) is 0.813. The maximum Gasteiger partial charge on any atom is 0.414 e. The third kappa shape index (κ3) is 3.87. The molecule has 0 aliphatic carbocycles. The van der Waals surface area contributed by atoms with Gasteiger partial charge in [0.2, 0.25) is 0 Å². The van der Waals surface area contributed by atoms with E-state index in [-0.39, 0.29) is 24.7 Å². The van der Waals surface area contributed by atoms with Crippen molar-refractivity contribution in [3.8, 4) is 0 Å². The van der Waals surface area contributed by atoms with E-state index >= 15 is 0 Å². The fourth-order valence-corrected chi connectivity index (χ4v) is 3.02. The molecule has 0 spiro atoms. The van der Waals surface area contributed by atoms with Crippen LogP contribution in [-0.4, -0.2) is 24.6 Å². The van der Waals surface area contributed by atoms with Crippen LogP contribution in [0.2, 0.25) is 0 Å². The summed E-state index contributed by atoms with van der Waals surface area (Å²) in [4.78, 5) is 26.0. The fraction of sp³-hybridized carbons (Fsp3) is 0.263. The Morgan fingerprint density at radius 3 is 2.48 bits per heavy atom. The van der Waals surface area contributed by atoms with Crippen molar-refractivity contribution < 1.29 is 14.3 Å². The minimum atomic E-state index is -0.994. The standard InChI is InChI=1S/C19H21N3O3/c20-18(21)17(23)10-14-11-22(16-9-5-4-8-15(14)16)19(24)25-12-13-6-2-1-3-7-13/h1-9,14,18H,10-12,20-21H2. The number of para-hydroxylation sites is 1. The Kier molecular flexibility index (Phi) is 5.11. The number of carbonyl (C=O) groups is 2. The van der Waals surface area contributed by atoms with Crippen LogP contribution in [0.4, 0.5) is 10.5 Å². The maximum absolute atomic E-state index is 12.5. The van der Waals surface area contributed by atoms with Crippen LogP contribution in [0.1, 0.15) is 23.5 Å². The van der Waals surface area contributed by atoms with Crippen LogP contribution in [0.25, 0.3) is 0 Å². The van der Waals surface area contributed by atoms with Gasteiger partial charge < -0.3 is 16.2 Å². The Balaban J connectivity index is 1.71. The third-order valence-electron chi connectivity index (χ3n) is 4.32. The van der Waals surface area contributed by atoms with Crippen LogP contribution in [0.3, 0.4) is 0 Å². The van der Waals surface area contributed by atoms with Crippen LogP contribution in [0.15, 0.2) is 54.6 Å². The lowest BCUT2D eigenvalue weighted by Gasteiger charge is -2.17. The van der Waals surface area contributed by atoms with Gasteiger partial charge in [-0.25, -0.2) is 4.79 Å². The average molecular weight is 339 g/mol. The maximum atomic E-state index is 12.5. The Labute approximate surface area is 146 Å². The number of rotatable bonds is 5. The molecule has 1 aliphatic rings. The SMILES string of the molecule is NC(N)C(=O)CC1CN(C(=O)OCc2ccccc2)c2ccccc21. The van der Waals surface area contributed by atoms with E-state index in [0.717, 1.165) is 16.8 Å². The number of carbonyl (C=O) groups excluding carboxylic acids is 2. The fourth-order valence-electron chi connectivity index (χ4n) is 3.02. The molecule has 1 unspecified atom stereocenters. The first kappa shape index (κ1) is 17.1. The highest BCUT2D eigenvalue weighted by Gasteiger charge is 2.34. The van der Waals surface area contributed by atoms with Crippen LogP contribution >= 0.6 is 0 Å². The molecule has 130 valence electrons. The Bertz CT molecular complexity index is 762. The lowest BCUT2D eigenvalue weighted by Crippen LogP contribution is -2.40. The molecule has 25 heavy (non-hydrogen) atoms. The lowest BCUT2D eigenvalue weighted by atomic mass is 9.95. The van der Waals surface area contributed by atoms with Crippen LogP contribution in [0.5, 0.6) is 0 Å². The summed E-state index contributed by atoms with van der Waals surface area (Å²) in [6.45, 7) is 0.584. The topological polar surface area (TPSA) is 98.6 Å². The summed E-state index contributed by atoms with van der Waals surface area (Å²) in [6, 6.07) is 17.0. The number of benzene rings is 2. The van der Waals surface area contributed by atoms with Crippen molar-refractivity contribution in [1.82, 2.24) is 0 Å². The van der Waals surface area contributed by atoms with Gasteiger partial charge in [0, 0.05) is 18.9 Å². The molecule has 6 nitrogen and oxygen atoms in total. The monoisotopic (exact) mass is 339 g/mol. The summed E-state index contributed by atoms with van der Waals surface area (Å²) in [6.07, 6.45) is -1.22. The minimum Gasteiger partial charge on any atom is -0.444 e. The molecule has 0 radical (unpaired) electrons. The van der Waals surface area contributed by atoms with Crippen LogP contribution in [0, 0.1) is 0 Å². The smallest absolute Gasteiger partial charge is 0.414 e. The largest absolute Gasteiger partial charge is 0.444 e. The second-order valence-corrected chi connectivity index (χ2v) is 6.10. The number of nitrogens with zero attached hydrogens (tertiary/aromatic N) is 1. The van der Waals surface area contributed by atoms with Crippen molar-refractivity contribution in [3.05, 3.63) is 65.7 Å². The number of anilines is 1. The van der Waals surface area contributed by atoms with Gasteiger partial charge in [0.05, 0.1) is 5.69 Å². The van der Waals surface area contributed by atoms with Crippen molar-refractivity contribution >= 4 is 17.6 Å². The van der Waals surface area contributed by atoms with E-state index in [2.05, 4.69) is 0 Å². The first-order valence-corrected chi connectivity index (χ1v) is 8.17. The predicted molar refractivity (Wildman–Crippen MR) is 94.9 cm³/mol. The molecule has 2 aromatic rings. The predicted octanol–water partition coefficient (Wildman–Crippen LogP) is 2.13. The molecule has 3 rings (SSSR count). The molecule has 0 saturated heterocycles. The molecule has 0 aromatic heterocycles. The molecular weight excluding hydrogens is 318 g/mol. The number of fused-ring (bicyclic) bond motifs is 1. The molecule has 0 bridgehead atoms. The average Bonchev–Trinajstić information content (AvgIpc) is 2.99. The molecule has 0 saturated carbocycles. The van der Waals surface area contributed by atoms with Gasteiger partial charge in [0.15, 0.2) is 5.78 Å².